The van der Waals surface area contributed by atoms with Gasteiger partial charge in [-0.3, -0.25) is 9.78 Å². The molecule has 0 aliphatic carbocycles. The summed E-state index contributed by atoms with van der Waals surface area (Å²) in [6.07, 6.45) is 5.82. The molecule has 1 saturated heterocycles. The SMILES string of the molecule is O=CCN(C(=O)c1ccc2c(c(-c3ccncc3)nn2C(c2ccccc2)(c2ccccc2)c2ccccc2)c1-c1ccccc1F)C1CCCNC1. The Bertz CT molecular complexity index is 2260. The Balaban J connectivity index is 1.53. The molecule has 8 heteroatoms. The second kappa shape index (κ2) is 14.8. The van der Waals surface area contributed by atoms with Crippen molar-refractivity contribution < 1.29 is 14.0 Å². The second-order valence-corrected chi connectivity index (χ2v) is 13.3. The Hall–Kier alpha value is -6.25. The van der Waals surface area contributed by atoms with Crippen LogP contribution in [0.2, 0.25) is 0 Å². The van der Waals surface area contributed by atoms with Crippen molar-refractivity contribution in [1.29, 1.82) is 0 Å². The van der Waals surface area contributed by atoms with Crippen LogP contribution in [0.15, 0.2) is 152 Å². The minimum absolute atomic E-state index is 0.0739. The van der Waals surface area contributed by atoms with Crippen LogP contribution in [0.1, 0.15) is 39.9 Å². The fraction of sp³-hybridized carbons (Fsp3) is 0.156. The van der Waals surface area contributed by atoms with Crippen LogP contribution in [0.25, 0.3) is 33.3 Å². The number of aldehydes is 1. The highest BCUT2D eigenvalue weighted by atomic mass is 19.1. The van der Waals surface area contributed by atoms with Crippen LogP contribution in [0, 0.1) is 5.82 Å². The quantitative estimate of drug-likeness (QED) is 0.115. The monoisotopic (exact) mass is 699 g/mol. The van der Waals surface area contributed by atoms with Crippen molar-refractivity contribution in [2.75, 3.05) is 19.6 Å². The van der Waals surface area contributed by atoms with Crippen molar-refractivity contribution in [3.8, 4) is 22.4 Å². The molecule has 262 valence electrons. The number of hydrogen-bond donors (Lipinski definition) is 1. The van der Waals surface area contributed by atoms with Crippen molar-refractivity contribution in [2.24, 2.45) is 0 Å². The lowest BCUT2D eigenvalue weighted by molar-refractivity contribution is -0.108. The van der Waals surface area contributed by atoms with Crippen molar-refractivity contribution in [1.82, 2.24) is 25.0 Å². The summed E-state index contributed by atoms with van der Waals surface area (Å²) in [5, 5.41) is 9.51. The first-order valence-electron chi connectivity index (χ1n) is 18.0. The molecule has 0 spiro atoms. The lowest BCUT2D eigenvalue weighted by Crippen LogP contribution is -2.49. The van der Waals surface area contributed by atoms with Crippen LogP contribution in [0.5, 0.6) is 0 Å². The highest BCUT2D eigenvalue weighted by molar-refractivity contribution is 6.13. The smallest absolute Gasteiger partial charge is 0.255 e. The summed E-state index contributed by atoms with van der Waals surface area (Å²) in [7, 11) is 0. The average molecular weight is 700 g/mol. The minimum atomic E-state index is -0.997. The van der Waals surface area contributed by atoms with Gasteiger partial charge in [-0.2, -0.15) is 5.10 Å². The number of carbonyl (C=O) groups is 2. The number of nitrogens with one attached hydrogen (secondary N) is 1. The molecular formula is C45H38FN5O2. The molecule has 1 aliphatic rings. The molecule has 1 aliphatic heterocycles. The number of fused-ring (bicyclic) bond motifs is 1. The van der Waals surface area contributed by atoms with Gasteiger partial charge in [0.05, 0.1) is 12.1 Å². The number of amides is 1. The molecule has 3 heterocycles. The fourth-order valence-electron chi connectivity index (χ4n) is 7.94. The van der Waals surface area contributed by atoms with Crippen LogP contribution >= 0.6 is 0 Å². The van der Waals surface area contributed by atoms with E-state index >= 15 is 4.39 Å². The zero-order valence-corrected chi connectivity index (χ0v) is 29.1. The van der Waals surface area contributed by atoms with Crippen LogP contribution in [-0.2, 0) is 10.3 Å². The summed E-state index contributed by atoms with van der Waals surface area (Å²) >= 11 is 0. The van der Waals surface area contributed by atoms with Gasteiger partial charge in [-0.15, -0.1) is 0 Å². The molecule has 53 heavy (non-hydrogen) atoms. The van der Waals surface area contributed by atoms with Crippen LogP contribution in [-0.4, -0.2) is 57.5 Å². The molecule has 8 rings (SSSR count). The summed E-state index contributed by atoms with van der Waals surface area (Å²) in [6, 6.07) is 44.6. The molecule has 1 unspecified atom stereocenters. The number of halogens is 1. The summed E-state index contributed by atoms with van der Waals surface area (Å²) in [6.45, 7) is 1.35. The zero-order valence-electron chi connectivity index (χ0n) is 29.1. The number of piperidine rings is 1. The molecule has 0 radical (unpaired) electrons. The lowest BCUT2D eigenvalue weighted by Gasteiger charge is -2.37. The van der Waals surface area contributed by atoms with Crippen LogP contribution < -0.4 is 5.32 Å². The van der Waals surface area contributed by atoms with Gasteiger partial charge in [-0.05, 0) is 66.4 Å². The molecular weight excluding hydrogens is 662 g/mol. The Morgan fingerprint density at radius 2 is 1.42 bits per heavy atom. The van der Waals surface area contributed by atoms with Crippen molar-refractivity contribution in [3.63, 3.8) is 0 Å². The van der Waals surface area contributed by atoms with Gasteiger partial charge in [0.1, 0.15) is 23.3 Å². The maximum absolute atomic E-state index is 16.3. The number of benzene rings is 5. The van der Waals surface area contributed by atoms with Gasteiger partial charge >= 0.3 is 0 Å². The van der Waals surface area contributed by atoms with E-state index in [0.29, 0.717) is 34.3 Å². The minimum Gasteiger partial charge on any atom is -0.327 e. The predicted octanol–water partition coefficient (Wildman–Crippen LogP) is 8.14. The number of aromatic nitrogens is 3. The first kappa shape index (κ1) is 33.9. The van der Waals surface area contributed by atoms with E-state index in [0.717, 1.165) is 47.9 Å². The Labute approximate surface area is 307 Å². The summed E-state index contributed by atoms with van der Waals surface area (Å²) in [5.41, 5.74) is 4.94. The normalized spacial score (nSPS) is 14.5. The van der Waals surface area contributed by atoms with E-state index in [1.165, 1.54) is 6.07 Å². The fourth-order valence-corrected chi connectivity index (χ4v) is 7.94. The first-order valence-corrected chi connectivity index (χ1v) is 18.0. The number of hydrogen-bond acceptors (Lipinski definition) is 5. The standard InChI is InChI=1S/C45H38FN5O2/c46-39-21-11-10-20-37(39)41-38(44(53)50(29-30-52)36-19-12-26-48-31-36)22-23-40-42(41)43(32-24-27-47-28-25-32)49-51(40)45(33-13-4-1-5-14-33,34-15-6-2-7-16-34)35-17-8-3-9-18-35/h1-11,13-18,20-25,27-28,30,36,48H,12,19,26,29,31H2. The third kappa shape index (κ3) is 6.01. The zero-order chi connectivity index (χ0) is 36.2. The predicted molar refractivity (Wildman–Crippen MR) is 206 cm³/mol. The number of carbonyl (C=O) groups excluding carboxylic acids is 2. The topological polar surface area (TPSA) is 80.1 Å². The maximum Gasteiger partial charge on any atom is 0.255 e. The Morgan fingerprint density at radius 3 is 1.98 bits per heavy atom. The van der Waals surface area contributed by atoms with Gasteiger partial charge in [0.25, 0.3) is 5.91 Å². The van der Waals surface area contributed by atoms with E-state index in [1.807, 2.05) is 77.5 Å². The van der Waals surface area contributed by atoms with Crippen molar-refractivity contribution >= 4 is 23.1 Å². The molecule has 7 nitrogen and oxygen atoms in total. The molecule has 5 aromatic carbocycles. The van der Waals surface area contributed by atoms with Crippen molar-refractivity contribution in [3.05, 3.63) is 180 Å². The van der Waals surface area contributed by atoms with E-state index in [2.05, 4.69) is 46.7 Å². The molecule has 1 N–H and O–H groups in total. The van der Waals surface area contributed by atoms with Gasteiger partial charge in [0, 0.05) is 52.6 Å². The van der Waals surface area contributed by atoms with E-state index in [4.69, 9.17) is 5.10 Å². The molecule has 1 atom stereocenters. The van der Waals surface area contributed by atoms with Gasteiger partial charge in [-0.1, -0.05) is 109 Å². The van der Waals surface area contributed by atoms with E-state index in [-0.39, 0.29) is 24.1 Å². The summed E-state index contributed by atoms with van der Waals surface area (Å²) in [5.74, 6) is -0.802. The number of rotatable bonds is 10. The molecule has 1 fully saturated rings. The van der Waals surface area contributed by atoms with E-state index < -0.39 is 11.4 Å². The Morgan fingerprint density at radius 1 is 0.811 bits per heavy atom. The third-order valence-corrected chi connectivity index (χ3v) is 10.3. The average Bonchev–Trinajstić information content (AvgIpc) is 3.62. The first-order chi connectivity index (χ1) is 26.1. The van der Waals surface area contributed by atoms with Crippen LogP contribution in [0.3, 0.4) is 0 Å². The molecule has 7 aromatic rings. The van der Waals surface area contributed by atoms with E-state index in [1.54, 1.807) is 41.6 Å². The van der Waals surface area contributed by atoms with Crippen molar-refractivity contribution in [2.45, 2.75) is 24.4 Å². The van der Waals surface area contributed by atoms with Gasteiger partial charge in [-0.25, -0.2) is 9.07 Å². The number of nitrogens with zero attached hydrogens (tertiary/aromatic N) is 4. The highest BCUT2D eigenvalue weighted by Crippen LogP contribution is 2.47. The molecule has 2 aromatic heterocycles. The third-order valence-electron chi connectivity index (χ3n) is 10.3. The largest absolute Gasteiger partial charge is 0.327 e. The summed E-state index contributed by atoms with van der Waals surface area (Å²) in [4.78, 5) is 32.9. The molecule has 0 saturated carbocycles. The summed E-state index contributed by atoms with van der Waals surface area (Å²) < 4.78 is 18.3. The van der Waals surface area contributed by atoms with Gasteiger partial charge in [0.2, 0.25) is 0 Å². The van der Waals surface area contributed by atoms with Gasteiger partial charge < -0.3 is 15.0 Å². The van der Waals surface area contributed by atoms with E-state index in [9.17, 15) is 9.59 Å². The van der Waals surface area contributed by atoms with Gasteiger partial charge in [0.15, 0.2) is 0 Å². The molecule has 0 bridgehead atoms. The Kier molecular flexibility index (Phi) is 9.44. The lowest BCUT2D eigenvalue weighted by atomic mass is 9.77. The number of pyridine rings is 1. The van der Waals surface area contributed by atoms with Crippen LogP contribution in [0.4, 0.5) is 4.39 Å². The molecule has 1 amide bonds. The highest BCUT2D eigenvalue weighted by Gasteiger charge is 2.42. The maximum atomic E-state index is 16.3. The second-order valence-electron chi connectivity index (χ2n) is 13.3.